The van der Waals surface area contributed by atoms with Crippen molar-refractivity contribution in [3.8, 4) is 5.82 Å². The first kappa shape index (κ1) is 14.2. The van der Waals surface area contributed by atoms with E-state index in [0.29, 0.717) is 0 Å². The van der Waals surface area contributed by atoms with Crippen molar-refractivity contribution >= 4 is 15.9 Å². The Morgan fingerprint density at radius 1 is 1.32 bits per heavy atom. The number of aromatic nitrogens is 3. The van der Waals surface area contributed by atoms with Gasteiger partial charge in [0.15, 0.2) is 5.82 Å². The molecule has 0 saturated heterocycles. The molecule has 2 heterocycles. The molecule has 0 spiro atoms. The topological polar surface area (TPSA) is 42.7 Å². The predicted molar refractivity (Wildman–Crippen MR) is 80.4 cm³/mol. The molecular weight excluding hydrogens is 304 g/mol. The fraction of sp³-hybridized carbons (Fsp3) is 0.429. The minimum atomic E-state index is 0.873. The van der Waals surface area contributed by atoms with E-state index in [4.69, 9.17) is 0 Å². The average Bonchev–Trinajstić information content (AvgIpc) is 2.85. The summed E-state index contributed by atoms with van der Waals surface area (Å²) in [6, 6.07) is 4.24. The van der Waals surface area contributed by atoms with Gasteiger partial charge in [-0.15, -0.1) is 0 Å². The van der Waals surface area contributed by atoms with Crippen LogP contribution in [0.1, 0.15) is 31.5 Å². The fourth-order valence-corrected chi connectivity index (χ4v) is 2.15. The van der Waals surface area contributed by atoms with E-state index in [2.05, 4.69) is 57.3 Å². The molecule has 2 rings (SSSR count). The lowest BCUT2D eigenvalue weighted by Gasteiger charge is -2.09. The Bertz CT molecular complexity index is 536. The zero-order valence-electron chi connectivity index (χ0n) is 11.4. The Kier molecular flexibility index (Phi) is 5.10. The van der Waals surface area contributed by atoms with Crippen LogP contribution in [0.3, 0.4) is 0 Å². The van der Waals surface area contributed by atoms with Crippen molar-refractivity contribution in [3.63, 3.8) is 0 Å². The van der Waals surface area contributed by atoms with Crippen LogP contribution in [0.5, 0.6) is 0 Å². The van der Waals surface area contributed by atoms with Crippen molar-refractivity contribution in [3.05, 3.63) is 40.3 Å². The number of nitrogens with zero attached hydrogens (tertiary/aromatic N) is 3. The first-order valence-electron chi connectivity index (χ1n) is 6.64. The molecule has 2 aromatic rings. The summed E-state index contributed by atoms with van der Waals surface area (Å²) in [4.78, 5) is 4.62. The van der Waals surface area contributed by atoms with Crippen LogP contribution in [-0.2, 0) is 13.0 Å². The summed E-state index contributed by atoms with van der Waals surface area (Å²) < 4.78 is 2.76. The zero-order valence-corrected chi connectivity index (χ0v) is 12.9. The molecule has 0 saturated carbocycles. The SMILES string of the molecule is CCCNCc1cc(CC)nc(-n2cc(Br)cn2)c1. The summed E-state index contributed by atoms with van der Waals surface area (Å²) in [6.45, 7) is 6.20. The maximum atomic E-state index is 4.62. The molecule has 19 heavy (non-hydrogen) atoms. The minimum Gasteiger partial charge on any atom is -0.313 e. The van der Waals surface area contributed by atoms with Crippen molar-refractivity contribution in [2.75, 3.05) is 6.54 Å². The summed E-state index contributed by atoms with van der Waals surface area (Å²) in [6.07, 6.45) is 5.77. The Morgan fingerprint density at radius 3 is 2.79 bits per heavy atom. The van der Waals surface area contributed by atoms with Crippen LogP contribution in [0, 0.1) is 0 Å². The van der Waals surface area contributed by atoms with Gasteiger partial charge in [0.25, 0.3) is 0 Å². The summed E-state index contributed by atoms with van der Waals surface area (Å²) in [5.74, 6) is 0.873. The lowest BCUT2D eigenvalue weighted by atomic mass is 10.2. The molecule has 0 aliphatic heterocycles. The number of hydrogen-bond acceptors (Lipinski definition) is 3. The second kappa shape index (κ2) is 6.82. The van der Waals surface area contributed by atoms with Gasteiger partial charge in [-0.3, -0.25) is 0 Å². The average molecular weight is 323 g/mol. The van der Waals surface area contributed by atoms with E-state index in [-0.39, 0.29) is 0 Å². The molecule has 102 valence electrons. The Morgan fingerprint density at radius 2 is 2.16 bits per heavy atom. The van der Waals surface area contributed by atoms with E-state index in [1.807, 2.05) is 6.20 Å². The molecule has 4 nitrogen and oxygen atoms in total. The van der Waals surface area contributed by atoms with Gasteiger partial charge in [-0.25, -0.2) is 9.67 Å². The molecule has 2 aromatic heterocycles. The van der Waals surface area contributed by atoms with E-state index >= 15 is 0 Å². The van der Waals surface area contributed by atoms with Crippen molar-refractivity contribution in [1.82, 2.24) is 20.1 Å². The molecule has 0 aliphatic rings. The predicted octanol–water partition coefficient (Wildman–Crippen LogP) is 3.09. The molecule has 0 aliphatic carbocycles. The van der Waals surface area contributed by atoms with Gasteiger partial charge in [-0.05, 0) is 53.0 Å². The highest BCUT2D eigenvalue weighted by atomic mass is 79.9. The minimum absolute atomic E-state index is 0.873. The molecule has 0 bridgehead atoms. The highest BCUT2D eigenvalue weighted by Crippen LogP contribution is 2.14. The maximum Gasteiger partial charge on any atom is 0.153 e. The molecule has 0 aromatic carbocycles. The van der Waals surface area contributed by atoms with Crippen LogP contribution in [0.2, 0.25) is 0 Å². The Balaban J connectivity index is 2.25. The fourth-order valence-electron chi connectivity index (χ4n) is 1.87. The Hall–Kier alpha value is -1.20. The quantitative estimate of drug-likeness (QED) is 0.831. The summed E-state index contributed by atoms with van der Waals surface area (Å²) >= 11 is 3.41. The molecule has 1 N–H and O–H groups in total. The number of halogens is 1. The lowest BCUT2D eigenvalue weighted by molar-refractivity contribution is 0.672. The number of pyridine rings is 1. The zero-order chi connectivity index (χ0) is 13.7. The van der Waals surface area contributed by atoms with E-state index in [1.54, 1.807) is 10.9 Å². The van der Waals surface area contributed by atoms with Crippen molar-refractivity contribution in [2.24, 2.45) is 0 Å². The second-order valence-corrected chi connectivity index (χ2v) is 5.37. The monoisotopic (exact) mass is 322 g/mol. The van der Waals surface area contributed by atoms with Crippen LogP contribution in [0.4, 0.5) is 0 Å². The van der Waals surface area contributed by atoms with Crippen LogP contribution >= 0.6 is 15.9 Å². The number of hydrogen-bond donors (Lipinski definition) is 1. The lowest BCUT2D eigenvalue weighted by Crippen LogP contribution is -2.14. The highest BCUT2D eigenvalue weighted by Gasteiger charge is 2.05. The summed E-state index contributed by atoms with van der Waals surface area (Å²) in [5, 5.41) is 7.71. The molecule has 0 atom stereocenters. The summed E-state index contributed by atoms with van der Waals surface area (Å²) in [5.41, 5.74) is 2.35. The third kappa shape index (κ3) is 3.88. The molecule has 0 amide bonds. The van der Waals surface area contributed by atoms with Gasteiger partial charge in [-0.1, -0.05) is 13.8 Å². The van der Waals surface area contributed by atoms with E-state index < -0.39 is 0 Å². The van der Waals surface area contributed by atoms with Gasteiger partial charge in [0.2, 0.25) is 0 Å². The second-order valence-electron chi connectivity index (χ2n) is 4.46. The Labute approximate surface area is 122 Å². The van der Waals surface area contributed by atoms with Gasteiger partial charge in [0.1, 0.15) is 0 Å². The van der Waals surface area contributed by atoms with Gasteiger partial charge >= 0.3 is 0 Å². The first-order valence-corrected chi connectivity index (χ1v) is 7.43. The van der Waals surface area contributed by atoms with E-state index in [9.17, 15) is 0 Å². The van der Waals surface area contributed by atoms with E-state index in [1.165, 1.54) is 5.56 Å². The summed E-state index contributed by atoms with van der Waals surface area (Å²) in [7, 11) is 0. The number of aryl methyl sites for hydroxylation is 1. The largest absolute Gasteiger partial charge is 0.313 e. The standard InChI is InChI=1S/C14H19BrN4/c1-3-5-16-8-11-6-13(4-2)18-14(7-11)19-10-12(15)9-17-19/h6-7,9-10,16H,3-5,8H2,1-2H3. The molecular formula is C14H19BrN4. The molecule has 0 radical (unpaired) electrons. The smallest absolute Gasteiger partial charge is 0.153 e. The molecule has 5 heteroatoms. The van der Waals surface area contributed by atoms with Crippen molar-refractivity contribution in [2.45, 2.75) is 33.2 Å². The highest BCUT2D eigenvalue weighted by molar-refractivity contribution is 9.10. The number of nitrogens with one attached hydrogen (secondary N) is 1. The van der Waals surface area contributed by atoms with Gasteiger partial charge in [0.05, 0.1) is 10.7 Å². The first-order chi connectivity index (χ1) is 9.22. The van der Waals surface area contributed by atoms with Crippen LogP contribution in [-0.4, -0.2) is 21.3 Å². The van der Waals surface area contributed by atoms with E-state index in [0.717, 1.165) is 41.9 Å². The van der Waals surface area contributed by atoms with Gasteiger partial charge in [0, 0.05) is 18.4 Å². The van der Waals surface area contributed by atoms with Crippen molar-refractivity contribution in [1.29, 1.82) is 0 Å². The molecule has 0 fully saturated rings. The maximum absolute atomic E-state index is 4.62. The third-order valence-electron chi connectivity index (χ3n) is 2.83. The molecule has 0 unspecified atom stereocenters. The van der Waals surface area contributed by atoms with Crippen LogP contribution in [0.25, 0.3) is 5.82 Å². The van der Waals surface area contributed by atoms with Gasteiger partial charge < -0.3 is 5.32 Å². The van der Waals surface area contributed by atoms with Crippen molar-refractivity contribution < 1.29 is 0 Å². The number of rotatable bonds is 6. The third-order valence-corrected chi connectivity index (χ3v) is 3.24. The van der Waals surface area contributed by atoms with Gasteiger partial charge in [-0.2, -0.15) is 5.10 Å². The van der Waals surface area contributed by atoms with Crippen LogP contribution in [0.15, 0.2) is 29.0 Å². The normalized spacial score (nSPS) is 10.9. The van der Waals surface area contributed by atoms with Crippen LogP contribution < -0.4 is 5.32 Å².